The van der Waals surface area contributed by atoms with E-state index in [2.05, 4.69) is 0 Å². The van der Waals surface area contributed by atoms with Gasteiger partial charge in [0.1, 0.15) is 11.6 Å². The first-order chi connectivity index (χ1) is 10.1. The molecule has 1 aliphatic carbocycles. The molecular weight excluding hydrogens is 274 g/mol. The van der Waals surface area contributed by atoms with Crippen LogP contribution in [0.3, 0.4) is 0 Å². The van der Waals surface area contributed by atoms with Crippen molar-refractivity contribution in [1.29, 1.82) is 0 Å². The van der Waals surface area contributed by atoms with Crippen molar-refractivity contribution in [3.05, 3.63) is 83.4 Å². The van der Waals surface area contributed by atoms with E-state index in [1.807, 2.05) is 12.2 Å². The number of halogens is 2. The van der Waals surface area contributed by atoms with Gasteiger partial charge in [0.05, 0.1) is 0 Å². The second kappa shape index (κ2) is 4.23. The Kier molecular flexibility index (Phi) is 2.55. The summed E-state index contributed by atoms with van der Waals surface area (Å²) in [5, 5.41) is 0. The van der Waals surface area contributed by atoms with E-state index in [1.165, 1.54) is 24.3 Å². The fourth-order valence-corrected chi connectivity index (χ4v) is 3.00. The summed E-state index contributed by atoms with van der Waals surface area (Å²) in [7, 11) is 0. The highest BCUT2D eigenvalue weighted by atomic mass is 19.1. The van der Waals surface area contributed by atoms with E-state index < -0.39 is 11.2 Å². The summed E-state index contributed by atoms with van der Waals surface area (Å²) >= 11 is 0. The molecule has 0 spiro atoms. The van der Waals surface area contributed by atoms with Crippen LogP contribution in [-0.2, 0) is 21.0 Å². The Morgan fingerprint density at radius 3 is 1.38 bits per heavy atom. The van der Waals surface area contributed by atoms with Crippen molar-refractivity contribution in [3.8, 4) is 0 Å². The van der Waals surface area contributed by atoms with Crippen molar-refractivity contribution in [2.45, 2.75) is 17.6 Å². The molecular formula is C17H12F2O2. The quantitative estimate of drug-likeness (QED) is 0.614. The lowest BCUT2D eigenvalue weighted by molar-refractivity contribution is -0.346. The predicted octanol–water partition coefficient (Wildman–Crippen LogP) is 3.98. The first-order valence-corrected chi connectivity index (χ1v) is 6.71. The van der Waals surface area contributed by atoms with Crippen LogP contribution >= 0.6 is 0 Å². The first kappa shape index (κ1) is 12.7. The molecule has 21 heavy (non-hydrogen) atoms. The molecule has 0 amide bonds. The maximum absolute atomic E-state index is 13.1. The van der Waals surface area contributed by atoms with Crippen LogP contribution in [0.1, 0.15) is 17.5 Å². The summed E-state index contributed by atoms with van der Waals surface area (Å²) in [5.74, 6) is -0.582. The highest BCUT2D eigenvalue weighted by Gasteiger charge is 2.56. The third-order valence-corrected chi connectivity index (χ3v) is 4.15. The van der Waals surface area contributed by atoms with Gasteiger partial charge in [-0.2, -0.15) is 0 Å². The van der Waals surface area contributed by atoms with Gasteiger partial charge >= 0.3 is 0 Å². The van der Waals surface area contributed by atoms with Gasteiger partial charge in [0.2, 0.25) is 0 Å². The van der Waals surface area contributed by atoms with E-state index in [9.17, 15) is 8.78 Å². The molecule has 4 rings (SSSR count). The summed E-state index contributed by atoms with van der Waals surface area (Å²) in [6, 6.07) is 12.4. The molecule has 2 atom stereocenters. The predicted molar refractivity (Wildman–Crippen MR) is 72.1 cm³/mol. The number of fused-ring (bicyclic) bond motifs is 2. The number of rotatable bonds is 2. The van der Waals surface area contributed by atoms with Crippen molar-refractivity contribution in [3.63, 3.8) is 0 Å². The molecule has 0 aromatic heterocycles. The molecule has 2 bridgehead atoms. The van der Waals surface area contributed by atoms with Crippen LogP contribution in [0.15, 0.2) is 60.7 Å². The molecule has 1 aliphatic heterocycles. The van der Waals surface area contributed by atoms with Crippen molar-refractivity contribution >= 4 is 0 Å². The van der Waals surface area contributed by atoms with Crippen LogP contribution in [0.2, 0.25) is 0 Å². The lowest BCUT2D eigenvalue weighted by atomic mass is 9.86. The molecule has 1 saturated heterocycles. The highest BCUT2D eigenvalue weighted by Crippen LogP contribution is 2.55. The van der Waals surface area contributed by atoms with Gasteiger partial charge in [0, 0.05) is 6.42 Å². The summed E-state index contributed by atoms with van der Waals surface area (Å²) in [4.78, 5) is 11.1. The molecule has 2 aliphatic rings. The summed E-state index contributed by atoms with van der Waals surface area (Å²) < 4.78 is 26.1. The molecule has 0 unspecified atom stereocenters. The van der Waals surface area contributed by atoms with Crippen molar-refractivity contribution in [2.75, 3.05) is 0 Å². The average Bonchev–Trinajstić information content (AvgIpc) is 3.07. The van der Waals surface area contributed by atoms with Crippen molar-refractivity contribution in [1.82, 2.24) is 0 Å². The normalized spacial score (nSPS) is 30.0. The maximum Gasteiger partial charge on any atom is 0.150 e. The Balaban J connectivity index is 1.71. The van der Waals surface area contributed by atoms with Gasteiger partial charge in [0.25, 0.3) is 0 Å². The van der Waals surface area contributed by atoms with E-state index in [4.69, 9.17) is 9.78 Å². The van der Waals surface area contributed by atoms with Gasteiger partial charge < -0.3 is 0 Å². The largest absolute Gasteiger partial charge is 0.220 e. The summed E-state index contributed by atoms with van der Waals surface area (Å²) in [6.45, 7) is 0. The zero-order valence-electron chi connectivity index (χ0n) is 11.1. The average molecular weight is 286 g/mol. The van der Waals surface area contributed by atoms with Crippen LogP contribution in [0.25, 0.3) is 0 Å². The zero-order chi connectivity index (χ0) is 14.5. The fourth-order valence-electron chi connectivity index (χ4n) is 3.00. The third-order valence-electron chi connectivity index (χ3n) is 4.15. The van der Waals surface area contributed by atoms with Gasteiger partial charge in [-0.25, -0.2) is 18.6 Å². The molecule has 1 fully saturated rings. The van der Waals surface area contributed by atoms with Crippen LogP contribution in [0.4, 0.5) is 8.78 Å². The molecule has 0 radical (unpaired) electrons. The van der Waals surface area contributed by atoms with E-state index >= 15 is 0 Å². The fraction of sp³-hybridized carbons (Fsp3) is 0.176. The first-order valence-electron chi connectivity index (χ1n) is 6.71. The van der Waals surface area contributed by atoms with Crippen LogP contribution in [0, 0.1) is 11.6 Å². The van der Waals surface area contributed by atoms with Crippen molar-refractivity contribution < 1.29 is 18.6 Å². The Morgan fingerprint density at radius 1 is 0.667 bits per heavy atom. The van der Waals surface area contributed by atoms with Crippen LogP contribution in [0.5, 0.6) is 0 Å². The van der Waals surface area contributed by atoms with E-state index in [0.29, 0.717) is 6.42 Å². The minimum Gasteiger partial charge on any atom is -0.220 e. The van der Waals surface area contributed by atoms with Crippen LogP contribution < -0.4 is 0 Å². The third kappa shape index (κ3) is 1.83. The SMILES string of the molecule is Fc1ccc([C@@]23C=C[C@@](c4ccc(F)cc4)(C2)OO3)cc1. The van der Waals surface area contributed by atoms with E-state index in [-0.39, 0.29) is 11.6 Å². The Hall–Kier alpha value is -2.04. The Morgan fingerprint density at radius 2 is 1.05 bits per heavy atom. The van der Waals surface area contributed by atoms with Gasteiger partial charge in [-0.15, -0.1) is 0 Å². The molecule has 0 N–H and O–H groups in total. The number of benzene rings is 2. The molecule has 2 aromatic rings. The van der Waals surface area contributed by atoms with Crippen molar-refractivity contribution in [2.24, 2.45) is 0 Å². The van der Waals surface area contributed by atoms with E-state index in [0.717, 1.165) is 11.1 Å². The molecule has 2 nitrogen and oxygen atoms in total. The lowest BCUT2D eigenvalue weighted by Crippen LogP contribution is -2.20. The summed E-state index contributed by atoms with van der Waals surface area (Å²) in [6.07, 6.45) is 4.40. The van der Waals surface area contributed by atoms with Gasteiger partial charge in [-0.05, 0) is 47.5 Å². The standard InChI is InChI=1S/C17H12F2O2/c18-14-5-1-12(2-6-14)16-9-10-17(11-16,21-20-16)13-3-7-15(19)8-4-13/h1-10H,11H2/t16-,17+. The smallest absolute Gasteiger partial charge is 0.150 e. The second-order valence-electron chi connectivity index (χ2n) is 5.47. The van der Waals surface area contributed by atoms with Gasteiger partial charge in [-0.1, -0.05) is 24.3 Å². The van der Waals surface area contributed by atoms with Gasteiger partial charge in [0.15, 0.2) is 11.2 Å². The monoisotopic (exact) mass is 286 g/mol. The Bertz CT molecular complexity index is 647. The second-order valence-corrected chi connectivity index (χ2v) is 5.47. The molecule has 2 aromatic carbocycles. The molecule has 0 saturated carbocycles. The van der Waals surface area contributed by atoms with Gasteiger partial charge in [-0.3, -0.25) is 0 Å². The lowest BCUT2D eigenvalue weighted by Gasteiger charge is -2.22. The molecule has 1 heterocycles. The van der Waals surface area contributed by atoms with E-state index in [1.54, 1.807) is 24.3 Å². The molecule has 106 valence electrons. The minimum atomic E-state index is -0.706. The zero-order valence-corrected chi connectivity index (χ0v) is 11.1. The minimum absolute atomic E-state index is 0.291. The summed E-state index contributed by atoms with van der Waals surface area (Å²) in [5.41, 5.74) is 0.257. The number of hydrogen-bond acceptors (Lipinski definition) is 2. The maximum atomic E-state index is 13.1. The van der Waals surface area contributed by atoms with Crippen LogP contribution in [-0.4, -0.2) is 0 Å². The Labute approximate surface area is 120 Å². The molecule has 4 heteroatoms. The number of hydrogen-bond donors (Lipinski definition) is 0. The highest BCUT2D eigenvalue weighted by molar-refractivity contribution is 5.41. The topological polar surface area (TPSA) is 18.5 Å².